The van der Waals surface area contributed by atoms with Gasteiger partial charge in [-0.25, -0.2) is 8.42 Å². The summed E-state index contributed by atoms with van der Waals surface area (Å²) in [5.74, 6) is -0.0456. The molecule has 1 aliphatic heterocycles. The number of hydrogen-bond acceptors (Lipinski definition) is 5. The van der Waals surface area contributed by atoms with Crippen molar-refractivity contribution in [1.29, 1.82) is 0 Å². The molecule has 1 saturated heterocycles. The van der Waals surface area contributed by atoms with E-state index in [-0.39, 0.29) is 24.6 Å². The van der Waals surface area contributed by atoms with Crippen LogP contribution in [0, 0.1) is 0 Å². The van der Waals surface area contributed by atoms with Crippen LogP contribution in [0.4, 0.5) is 5.69 Å². The number of nitrogens with zero attached hydrogens (tertiary/aromatic N) is 2. The maximum atomic E-state index is 13.1. The maximum absolute atomic E-state index is 13.1. The van der Waals surface area contributed by atoms with Crippen LogP contribution >= 0.6 is 0 Å². The van der Waals surface area contributed by atoms with Crippen molar-refractivity contribution in [3.8, 4) is 0 Å². The van der Waals surface area contributed by atoms with Gasteiger partial charge in [0.25, 0.3) is 0 Å². The molecule has 0 unspecified atom stereocenters. The third-order valence-corrected chi connectivity index (χ3v) is 6.74. The second-order valence-electron chi connectivity index (χ2n) is 7.03. The number of sulfonamides is 1. The first-order valence-corrected chi connectivity index (χ1v) is 11.2. The van der Waals surface area contributed by atoms with Crippen molar-refractivity contribution < 1.29 is 13.2 Å². The molecule has 0 aromatic heterocycles. The molecule has 0 saturated carbocycles. The van der Waals surface area contributed by atoms with E-state index in [4.69, 9.17) is 5.73 Å². The fourth-order valence-electron chi connectivity index (χ4n) is 3.39. The highest BCUT2D eigenvalue weighted by Gasteiger charge is 2.24. The number of ketones is 1. The van der Waals surface area contributed by atoms with E-state index < -0.39 is 10.0 Å². The summed E-state index contributed by atoms with van der Waals surface area (Å²) >= 11 is 0. The molecule has 3 rings (SSSR count). The molecule has 0 atom stereocenters. The zero-order valence-corrected chi connectivity index (χ0v) is 16.8. The Morgan fingerprint density at radius 1 is 1.00 bits per heavy atom. The molecule has 0 radical (unpaired) electrons. The quantitative estimate of drug-likeness (QED) is 0.652. The maximum Gasteiger partial charge on any atom is 0.236 e. The first kappa shape index (κ1) is 20.5. The Hall–Kier alpha value is -2.22. The molecule has 0 spiro atoms. The largest absolute Gasteiger partial charge is 0.324 e. The van der Waals surface area contributed by atoms with Gasteiger partial charge >= 0.3 is 0 Å². The predicted octanol–water partition coefficient (Wildman–Crippen LogP) is 2.26. The number of rotatable bonds is 9. The van der Waals surface area contributed by atoms with Crippen molar-refractivity contribution in [3.63, 3.8) is 0 Å². The number of Topliss-reactive ketones (excluding diaryl/α,β-unsaturated/α-hetero) is 1. The van der Waals surface area contributed by atoms with Crippen LogP contribution in [0.2, 0.25) is 0 Å². The topological polar surface area (TPSA) is 83.7 Å². The third kappa shape index (κ3) is 5.19. The first-order chi connectivity index (χ1) is 13.5. The summed E-state index contributed by atoms with van der Waals surface area (Å²) in [6, 6.07) is 16.1. The summed E-state index contributed by atoms with van der Waals surface area (Å²) in [6.45, 7) is 2.67. The molecule has 0 amide bonds. The van der Waals surface area contributed by atoms with Gasteiger partial charge in [-0.15, -0.1) is 0 Å². The summed E-state index contributed by atoms with van der Waals surface area (Å²) in [4.78, 5) is 13.9. The molecule has 28 heavy (non-hydrogen) atoms. The predicted molar refractivity (Wildman–Crippen MR) is 112 cm³/mol. The minimum absolute atomic E-state index is 0.0413. The molecule has 2 N–H and O–H groups in total. The first-order valence-electron chi connectivity index (χ1n) is 9.59. The van der Waals surface area contributed by atoms with E-state index in [0.717, 1.165) is 31.5 Å². The van der Waals surface area contributed by atoms with E-state index in [1.807, 2.05) is 18.2 Å². The minimum Gasteiger partial charge on any atom is -0.324 e. The highest BCUT2D eigenvalue weighted by Crippen LogP contribution is 2.22. The molecular weight excluding hydrogens is 374 g/mol. The van der Waals surface area contributed by atoms with Crippen molar-refractivity contribution in [2.24, 2.45) is 5.73 Å². The Kier molecular flexibility index (Phi) is 6.83. The van der Waals surface area contributed by atoms with Gasteiger partial charge in [-0.2, -0.15) is 0 Å². The van der Waals surface area contributed by atoms with Crippen molar-refractivity contribution in [1.82, 2.24) is 4.90 Å². The molecule has 0 bridgehead atoms. The lowest BCUT2D eigenvalue weighted by molar-refractivity contribution is 0.100. The Bertz CT molecular complexity index is 877. The lowest BCUT2D eigenvalue weighted by Gasteiger charge is -2.26. The second-order valence-corrected chi connectivity index (χ2v) is 9.04. The Morgan fingerprint density at radius 2 is 1.64 bits per heavy atom. The van der Waals surface area contributed by atoms with E-state index >= 15 is 0 Å². The second kappa shape index (κ2) is 9.32. The number of benzene rings is 2. The number of hydrogen-bond donors (Lipinski definition) is 1. The van der Waals surface area contributed by atoms with Crippen LogP contribution in [-0.4, -0.2) is 51.0 Å². The van der Waals surface area contributed by atoms with E-state index in [1.54, 1.807) is 36.4 Å². The molecular formula is C21H27N3O3S. The average Bonchev–Trinajstić information content (AvgIpc) is 3.25. The minimum atomic E-state index is -3.49. The Balaban J connectivity index is 1.80. The summed E-state index contributed by atoms with van der Waals surface area (Å²) in [5, 5.41) is 0. The molecule has 1 fully saturated rings. The molecule has 2 aromatic carbocycles. The van der Waals surface area contributed by atoms with Gasteiger partial charge in [0.05, 0.1) is 24.5 Å². The lowest BCUT2D eigenvalue weighted by Crippen LogP contribution is -2.37. The van der Waals surface area contributed by atoms with Crippen LogP contribution in [0.25, 0.3) is 0 Å². The number of carbonyl (C=O) groups is 1. The summed E-state index contributed by atoms with van der Waals surface area (Å²) < 4.78 is 27.7. The smallest absolute Gasteiger partial charge is 0.236 e. The van der Waals surface area contributed by atoms with Crippen LogP contribution in [0.15, 0.2) is 54.6 Å². The average molecular weight is 402 g/mol. The van der Waals surface area contributed by atoms with E-state index in [2.05, 4.69) is 4.90 Å². The number of anilines is 1. The fraction of sp³-hybridized carbons (Fsp3) is 0.381. The van der Waals surface area contributed by atoms with Gasteiger partial charge < -0.3 is 10.6 Å². The Morgan fingerprint density at radius 3 is 2.25 bits per heavy atom. The number of para-hydroxylation sites is 1. The summed E-state index contributed by atoms with van der Waals surface area (Å²) in [7, 11) is -3.49. The molecule has 1 aliphatic rings. The van der Waals surface area contributed by atoms with E-state index in [1.165, 1.54) is 4.31 Å². The zero-order valence-electron chi connectivity index (χ0n) is 16.0. The van der Waals surface area contributed by atoms with E-state index in [9.17, 15) is 13.2 Å². The monoisotopic (exact) mass is 401 g/mol. The highest BCUT2D eigenvalue weighted by atomic mass is 32.2. The van der Waals surface area contributed by atoms with Gasteiger partial charge in [0, 0.05) is 12.1 Å². The van der Waals surface area contributed by atoms with Crippen LogP contribution in [-0.2, 0) is 16.6 Å². The summed E-state index contributed by atoms with van der Waals surface area (Å²) in [5.41, 5.74) is 7.40. The number of nitrogens with two attached hydrogens (primary N) is 1. The van der Waals surface area contributed by atoms with Gasteiger partial charge in [0.15, 0.2) is 5.78 Å². The number of carbonyl (C=O) groups excluding carboxylic acids is 1. The van der Waals surface area contributed by atoms with Crippen molar-refractivity contribution >= 4 is 21.5 Å². The molecule has 6 nitrogen and oxygen atoms in total. The van der Waals surface area contributed by atoms with Crippen molar-refractivity contribution in [2.45, 2.75) is 19.4 Å². The van der Waals surface area contributed by atoms with Crippen LogP contribution in [0.1, 0.15) is 28.8 Å². The van der Waals surface area contributed by atoms with Gasteiger partial charge in [-0.3, -0.25) is 9.10 Å². The van der Waals surface area contributed by atoms with Gasteiger partial charge in [-0.05, 0) is 43.6 Å². The third-order valence-electron chi connectivity index (χ3n) is 5.03. The van der Waals surface area contributed by atoms with Crippen LogP contribution in [0.3, 0.4) is 0 Å². The van der Waals surface area contributed by atoms with E-state index in [0.29, 0.717) is 17.8 Å². The molecule has 1 heterocycles. The van der Waals surface area contributed by atoms with Crippen molar-refractivity contribution in [3.05, 3.63) is 65.7 Å². The van der Waals surface area contributed by atoms with Crippen molar-refractivity contribution in [2.75, 3.05) is 36.2 Å². The lowest BCUT2D eigenvalue weighted by atomic mass is 10.1. The molecule has 150 valence electrons. The number of likely N-dealkylation sites (tertiary alicyclic amines) is 1. The Labute approximate surface area is 167 Å². The normalized spacial score (nSPS) is 14.9. The van der Waals surface area contributed by atoms with Crippen LogP contribution < -0.4 is 10.0 Å². The summed E-state index contributed by atoms with van der Waals surface area (Å²) in [6.07, 6.45) is 2.27. The van der Waals surface area contributed by atoms with Gasteiger partial charge in [-0.1, -0.05) is 42.5 Å². The van der Waals surface area contributed by atoms with Gasteiger partial charge in [0.1, 0.15) is 0 Å². The fourth-order valence-corrected chi connectivity index (χ4v) is 4.88. The van der Waals surface area contributed by atoms with Gasteiger partial charge in [0.2, 0.25) is 10.0 Å². The SMILES string of the molecule is NCC(=O)c1ccc(CN(c2ccccc2)S(=O)(=O)CCN2CCCC2)cc1. The molecule has 7 heteroatoms. The molecule has 0 aliphatic carbocycles. The zero-order chi connectivity index (χ0) is 20.0. The van der Waals surface area contributed by atoms with Crippen LogP contribution in [0.5, 0.6) is 0 Å². The highest BCUT2D eigenvalue weighted by molar-refractivity contribution is 7.92. The standard InChI is InChI=1S/C21H27N3O3S/c22-16-21(25)19-10-8-18(9-11-19)17-24(20-6-2-1-3-7-20)28(26,27)15-14-23-12-4-5-13-23/h1-3,6-11H,4-5,12-17,22H2. The molecule has 2 aromatic rings.